The molecular weight excluding hydrogens is 390 g/mol. The number of ether oxygens (including phenoxy) is 2. The Morgan fingerprint density at radius 1 is 1.03 bits per heavy atom. The van der Waals surface area contributed by atoms with Crippen LogP contribution in [0, 0.1) is 12.8 Å². The lowest BCUT2D eigenvalue weighted by atomic mass is 9.84. The molecule has 5 rings (SSSR count). The first kappa shape index (κ1) is 20.1. The summed E-state index contributed by atoms with van der Waals surface area (Å²) in [6, 6.07) is 4.25. The maximum atomic E-state index is 6.53. The summed E-state index contributed by atoms with van der Waals surface area (Å²) in [4.78, 5) is 20.4. The van der Waals surface area contributed by atoms with Gasteiger partial charge in [-0.15, -0.1) is 0 Å². The van der Waals surface area contributed by atoms with Gasteiger partial charge in [0.05, 0.1) is 36.2 Å². The predicted octanol–water partition coefficient (Wildman–Crippen LogP) is 3.75. The first-order valence-electron chi connectivity index (χ1n) is 11.3. The number of nitrogens with zero attached hydrogens (tertiary/aromatic N) is 5. The van der Waals surface area contributed by atoms with Gasteiger partial charge in [-0.05, 0) is 51.0 Å². The molecule has 7 heteroatoms. The first-order chi connectivity index (χ1) is 15.2. The van der Waals surface area contributed by atoms with E-state index < -0.39 is 0 Å². The lowest BCUT2D eigenvalue weighted by Gasteiger charge is -2.31. The minimum atomic E-state index is 0.213. The zero-order valence-corrected chi connectivity index (χ0v) is 18.0. The maximum absolute atomic E-state index is 6.53. The molecule has 3 heterocycles. The fourth-order valence-corrected chi connectivity index (χ4v) is 4.67. The van der Waals surface area contributed by atoms with Gasteiger partial charge in [0.1, 0.15) is 11.3 Å². The van der Waals surface area contributed by atoms with Crippen LogP contribution in [-0.2, 0) is 11.2 Å². The molecule has 2 aliphatic rings. The van der Waals surface area contributed by atoms with Crippen molar-refractivity contribution in [1.29, 1.82) is 0 Å². The maximum Gasteiger partial charge on any atom is 0.149 e. The molecule has 0 bridgehead atoms. The summed E-state index contributed by atoms with van der Waals surface area (Å²) < 4.78 is 12.0. The number of hydrogen-bond acceptors (Lipinski definition) is 7. The molecule has 2 fully saturated rings. The molecule has 3 aromatic rings. The van der Waals surface area contributed by atoms with Crippen LogP contribution in [0.25, 0.3) is 11.0 Å². The molecule has 2 aromatic heterocycles. The second-order valence-corrected chi connectivity index (χ2v) is 8.58. The van der Waals surface area contributed by atoms with Crippen LogP contribution in [0.2, 0.25) is 0 Å². The standard InChI is InChI=1S/C24H29N5O2/c1-17-15-25-16-19(28-17)12-18-2-4-21(5-3-18)31-23-14-20(29-8-10-30-11-9-29)13-22-24(23)27-7-6-26-22/h6-7,13-16,18,21H,2-5,8-12H2,1H3. The van der Waals surface area contributed by atoms with E-state index >= 15 is 0 Å². The Morgan fingerprint density at radius 3 is 2.65 bits per heavy atom. The van der Waals surface area contributed by atoms with Crippen molar-refractivity contribution in [1.82, 2.24) is 19.9 Å². The number of morpholine rings is 1. The number of fused-ring (bicyclic) bond motifs is 1. The van der Waals surface area contributed by atoms with E-state index in [1.165, 1.54) is 0 Å². The number of aryl methyl sites for hydroxylation is 1. The molecule has 1 saturated carbocycles. The average Bonchev–Trinajstić information content (AvgIpc) is 2.81. The second-order valence-electron chi connectivity index (χ2n) is 8.58. The molecule has 7 nitrogen and oxygen atoms in total. The fourth-order valence-electron chi connectivity index (χ4n) is 4.67. The number of aromatic nitrogens is 4. The zero-order chi connectivity index (χ0) is 21.0. The minimum Gasteiger partial charge on any atom is -0.488 e. The van der Waals surface area contributed by atoms with Gasteiger partial charge in [-0.25, -0.2) is 4.98 Å². The average molecular weight is 420 g/mol. The molecule has 1 aliphatic heterocycles. The summed E-state index contributed by atoms with van der Waals surface area (Å²) in [5.41, 5.74) is 4.95. The van der Waals surface area contributed by atoms with E-state index in [2.05, 4.69) is 37.0 Å². The van der Waals surface area contributed by atoms with Gasteiger partial charge in [-0.1, -0.05) is 0 Å². The van der Waals surface area contributed by atoms with E-state index in [4.69, 9.17) is 9.47 Å². The van der Waals surface area contributed by atoms with Gasteiger partial charge in [-0.2, -0.15) is 0 Å². The third-order valence-corrected chi connectivity index (χ3v) is 6.29. The largest absolute Gasteiger partial charge is 0.488 e. The van der Waals surface area contributed by atoms with Crippen LogP contribution in [-0.4, -0.2) is 52.3 Å². The number of rotatable bonds is 5. The van der Waals surface area contributed by atoms with Gasteiger partial charge in [0.2, 0.25) is 0 Å². The Morgan fingerprint density at radius 2 is 1.84 bits per heavy atom. The topological polar surface area (TPSA) is 73.3 Å². The van der Waals surface area contributed by atoms with Crippen LogP contribution >= 0.6 is 0 Å². The summed E-state index contributed by atoms with van der Waals surface area (Å²) in [7, 11) is 0. The third-order valence-electron chi connectivity index (χ3n) is 6.29. The zero-order valence-electron chi connectivity index (χ0n) is 18.0. The smallest absolute Gasteiger partial charge is 0.149 e. The monoisotopic (exact) mass is 419 g/mol. The van der Waals surface area contributed by atoms with Gasteiger partial charge in [-0.3, -0.25) is 15.0 Å². The number of benzene rings is 1. The highest BCUT2D eigenvalue weighted by Gasteiger charge is 2.24. The summed E-state index contributed by atoms with van der Waals surface area (Å²) >= 11 is 0. The van der Waals surface area contributed by atoms with E-state index in [9.17, 15) is 0 Å². The number of hydrogen-bond donors (Lipinski definition) is 0. The van der Waals surface area contributed by atoms with Crippen LogP contribution < -0.4 is 9.64 Å². The Balaban J connectivity index is 1.28. The van der Waals surface area contributed by atoms with Crippen LogP contribution in [0.4, 0.5) is 5.69 Å². The van der Waals surface area contributed by atoms with Crippen molar-refractivity contribution in [2.24, 2.45) is 5.92 Å². The van der Waals surface area contributed by atoms with Gasteiger partial charge < -0.3 is 14.4 Å². The lowest BCUT2D eigenvalue weighted by Crippen LogP contribution is -2.36. The number of anilines is 1. The van der Waals surface area contributed by atoms with Crippen molar-refractivity contribution in [3.8, 4) is 5.75 Å². The highest BCUT2D eigenvalue weighted by atomic mass is 16.5. The highest BCUT2D eigenvalue weighted by Crippen LogP contribution is 2.34. The fraction of sp³-hybridized carbons (Fsp3) is 0.500. The Kier molecular flexibility index (Phi) is 5.93. The van der Waals surface area contributed by atoms with Gasteiger partial charge in [0.15, 0.2) is 0 Å². The molecule has 0 unspecified atom stereocenters. The molecule has 0 amide bonds. The van der Waals surface area contributed by atoms with Crippen LogP contribution in [0.1, 0.15) is 37.1 Å². The Hall–Kier alpha value is -2.80. The second kappa shape index (κ2) is 9.14. The van der Waals surface area contributed by atoms with Crippen molar-refractivity contribution in [3.05, 3.63) is 48.3 Å². The van der Waals surface area contributed by atoms with Crippen molar-refractivity contribution >= 4 is 16.7 Å². The van der Waals surface area contributed by atoms with Crippen LogP contribution in [0.3, 0.4) is 0 Å². The molecule has 0 N–H and O–H groups in total. The van der Waals surface area contributed by atoms with E-state index in [1.54, 1.807) is 12.4 Å². The molecule has 0 spiro atoms. The highest BCUT2D eigenvalue weighted by molar-refractivity contribution is 5.85. The minimum absolute atomic E-state index is 0.213. The van der Waals surface area contributed by atoms with Crippen molar-refractivity contribution in [2.45, 2.75) is 45.1 Å². The Bertz CT molecular complexity index is 1030. The van der Waals surface area contributed by atoms with Gasteiger partial charge >= 0.3 is 0 Å². The first-order valence-corrected chi connectivity index (χ1v) is 11.3. The summed E-state index contributed by atoms with van der Waals surface area (Å²) in [5.74, 6) is 1.49. The molecule has 1 aromatic carbocycles. The van der Waals surface area contributed by atoms with Crippen molar-refractivity contribution in [2.75, 3.05) is 31.2 Å². The molecular formula is C24H29N5O2. The molecule has 162 valence electrons. The van der Waals surface area contributed by atoms with Crippen LogP contribution in [0.5, 0.6) is 5.75 Å². The molecule has 1 aliphatic carbocycles. The SMILES string of the molecule is Cc1cncc(CC2CCC(Oc3cc(N4CCOCC4)cc4nccnc34)CC2)n1. The van der Waals surface area contributed by atoms with E-state index in [0.717, 1.165) is 92.3 Å². The lowest BCUT2D eigenvalue weighted by molar-refractivity contribution is 0.122. The summed E-state index contributed by atoms with van der Waals surface area (Å²) in [6.45, 7) is 5.28. The van der Waals surface area contributed by atoms with Crippen molar-refractivity contribution in [3.63, 3.8) is 0 Å². The summed E-state index contributed by atoms with van der Waals surface area (Å²) in [5, 5.41) is 0. The van der Waals surface area contributed by atoms with Crippen LogP contribution in [0.15, 0.2) is 36.9 Å². The third kappa shape index (κ3) is 4.77. The Labute approximate surface area is 182 Å². The van der Waals surface area contributed by atoms with Gasteiger partial charge in [0.25, 0.3) is 0 Å². The summed E-state index contributed by atoms with van der Waals surface area (Å²) in [6.07, 6.45) is 12.8. The molecule has 0 radical (unpaired) electrons. The predicted molar refractivity (Wildman–Crippen MR) is 119 cm³/mol. The van der Waals surface area contributed by atoms with E-state index in [-0.39, 0.29) is 6.10 Å². The van der Waals surface area contributed by atoms with E-state index in [1.807, 2.05) is 19.3 Å². The normalized spacial score (nSPS) is 21.9. The van der Waals surface area contributed by atoms with Crippen molar-refractivity contribution < 1.29 is 9.47 Å². The van der Waals surface area contributed by atoms with Gasteiger partial charge in [0, 0.05) is 49.6 Å². The molecule has 1 saturated heterocycles. The molecule has 0 atom stereocenters. The quantitative estimate of drug-likeness (QED) is 0.624. The van der Waals surface area contributed by atoms with E-state index in [0.29, 0.717) is 5.92 Å². The molecule has 31 heavy (non-hydrogen) atoms.